The number of hydrogen-bond acceptors (Lipinski definition) is 2. The molecule has 0 bridgehead atoms. The molecule has 0 spiro atoms. The summed E-state index contributed by atoms with van der Waals surface area (Å²) >= 11 is 0. The van der Waals surface area contributed by atoms with Crippen LogP contribution in [0.15, 0.2) is 24.3 Å². The Hall–Kier alpha value is -1.09. The minimum absolute atomic E-state index is 0.539. The number of allylic oxidation sites excluding steroid dienone is 4. The maximum Gasteiger partial charge on any atom is 0.332 e. The number of carbonyl (C=O) groups is 1. The second-order valence-corrected chi connectivity index (χ2v) is 8.54. The Kier molecular flexibility index (Phi) is 23.3. The van der Waals surface area contributed by atoms with E-state index in [2.05, 4.69) is 31.2 Å². The molecule has 0 amide bonds. The molecule has 176 valence electrons. The van der Waals surface area contributed by atoms with Crippen molar-refractivity contribution in [1.82, 2.24) is 0 Å². The molecule has 0 rings (SSSR count). The average Bonchev–Trinajstić information content (AvgIpc) is 2.74. The quantitative estimate of drug-likeness (QED) is 0.132. The first-order valence-corrected chi connectivity index (χ1v) is 12.8. The Bertz CT molecular complexity index is 414. The molecule has 0 aromatic carbocycles. The van der Waals surface area contributed by atoms with Gasteiger partial charge in [-0.2, -0.15) is 0 Å². The predicted octanol–water partition coefficient (Wildman–Crippen LogP) is 8.63. The van der Waals surface area contributed by atoms with Crippen LogP contribution in [0.4, 0.5) is 0 Å². The molecule has 0 aromatic rings. The highest BCUT2D eigenvalue weighted by molar-refractivity contribution is 5.72. The van der Waals surface area contributed by atoms with Crippen LogP contribution in [0.25, 0.3) is 0 Å². The molecule has 0 saturated heterocycles. The van der Waals surface area contributed by atoms with Crippen molar-refractivity contribution in [3.8, 4) is 0 Å². The molecule has 0 radical (unpaired) electrons. The Labute approximate surface area is 187 Å². The third-order valence-corrected chi connectivity index (χ3v) is 5.71. The van der Waals surface area contributed by atoms with Crippen LogP contribution in [0.3, 0.4) is 0 Å². The molecule has 3 nitrogen and oxygen atoms in total. The number of ether oxygens (including phenoxy) is 1. The van der Waals surface area contributed by atoms with Crippen molar-refractivity contribution in [2.24, 2.45) is 0 Å². The fourth-order valence-electron chi connectivity index (χ4n) is 3.71. The molecule has 1 atom stereocenters. The van der Waals surface area contributed by atoms with Gasteiger partial charge in [0.2, 0.25) is 0 Å². The van der Waals surface area contributed by atoms with Gasteiger partial charge in [-0.15, -0.1) is 0 Å². The lowest BCUT2D eigenvalue weighted by Gasteiger charge is -2.07. The molecule has 0 aliphatic carbocycles. The maximum absolute atomic E-state index is 10.8. The Morgan fingerprint density at radius 1 is 0.667 bits per heavy atom. The zero-order valence-corrected chi connectivity index (χ0v) is 20.1. The van der Waals surface area contributed by atoms with Crippen LogP contribution < -0.4 is 0 Å². The first-order valence-electron chi connectivity index (χ1n) is 12.8. The number of hydrogen-bond donors (Lipinski definition) is 1. The predicted molar refractivity (Wildman–Crippen MR) is 130 cm³/mol. The van der Waals surface area contributed by atoms with Crippen molar-refractivity contribution in [2.75, 3.05) is 7.11 Å². The van der Waals surface area contributed by atoms with Gasteiger partial charge in [-0.05, 0) is 38.5 Å². The summed E-state index contributed by atoms with van der Waals surface area (Å²) in [4.78, 5) is 10.8. The van der Waals surface area contributed by atoms with E-state index < -0.39 is 12.1 Å². The highest BCUT2D eigenvalue weighted by Gasteiger charge is 2.14. The Morgan fingerprint density at radius 3 is 1.50 bits per heavy atom. The number of aliphatic carboxylic acids is 1. The van der Waals surface area contributed by atoms with E-state index in [4.69, 9.17) is 9.84 Å². The SMILES string of the molecule is CCCCCCCCCCCCCCCC/C=C\CC/C=C\CC[C@@H](OC)C(=O)O. The fraction of sp³-hybridized carbons (Fsp3) is 0.815. The zero-order chi connectivity index (χ0) is 22.1. The van der Waals surface area contributed by atoms with Crippen LogP contribution in [0.2, 0.25) is 0 Å². The smallest absolute Gasteiger partial charge is 0.332 e. The molecule has 30 heavy (non-hydrogen) atoms. The highest BCUT2D eigenvalue weighted by atomic mass is 16.5. The largest absolute Gasteiger partial charge is 0.479 e. The first-order chi connectivity index (χ1) is 14.7. The number of carboxylic acids is 1. The van der Waals surface area contributed by atoms with Gasteiger partial charge in [0.25, 0.3) is 0 Å². The molecule has 0 unspecified atom stereocenters. The summed E-state index contributed by atoms with van der Waals surface area (Å²) in [5.74, 6) is -0.877. The van der Waals surface area contributed by atoms with E-state index in [1.165, 1.54) is 103 Å². The summed E-state index contributed by atoms with van der Waals surface area (Å²) in [6.45, 7) is 2.28. The third-order valence-electron chi connectivity index (χ3n) is 5.71. The molecule has 1 N–H and O–H groups in total. The summed E-state index contributed by atoms with van der Waals surface area (Å²) in [5.41, 5.74) is 0. The van der Waals surface area contributed by atoms with Gasteiger partial charge in [-0.1, -0.05) is 115 Å². The van der Waals surface area contributed by atoms with Crippen molar-refractivity contribution in [1.29, 1.82) is 0 Å². The van der Waals surface area contributed by atoms with E-state index in [0.717, 1.165) is 19.3 Å². The van der Waals surface area contributed by atoms with Gasteiger partial charge in [0, 0.05) is 7.11 Å². The zero-order valence-electron chi connectivity index (χ0n) is 20.1. The number of rotatable bonds is 23. The van der Waals surface area contributed by atoms with Crippen LogP contribution >= 0.6 is 0 Å². The number of unbranched alkanes of at least 4 members (excludes halogenated alkanes) is 15. The summed E-state index contributed by atoms with van der Waals surface area (Å²) in [7, 11) is 1.45. The molecular weight excluding hydrogens is 372 g/mol. The standard InChI is InChI=1S/C27H50O3/c1-3-4-5-6-7-8-9-10-11-12-13-14-15-16-17-18-19-20-21-22-23-24-25-26(30-2)27(28)29/h18-19,22-23,26H,3-17,20-21,24-25H2,1-2H3,(H,28,29)/b19-18-,23-22-/t26-/m1/s1. The molecular formula is C27H50O3. The molecule has 0 heterocycles. The van der Waals surface area contributed by atoms with Gasteiger partial charge >= 0.3 is 5.97 Å². The normalized spacial score (nSPS) is 12.9. The van der Waals surface area contributed by atoms with Crippen molar-refractivity contribution < 1.29 is 14.6 Å². The minimum Gasteiger partial charge on any atom is -0.479 e. The lowest BCUT2D eigenvalue weighted by molar-refractivity contribution is -0.148. The summed E-state index contributed by atoms with van der Waals surface area (Å²) < 4.78 is 4.91. The van der Waals surface area contributed by atoms with E-state index in [1.54, 1.807) is 0 Å². The molecule has 0 aliphatic heterocycles. The van der Waals surface area contributed by atoms with Crippen LogP contribution in [-0.2, 0) is 9.53 Å². The second-order valence-electron chi connectivity index (χ2n) is 8.54. The molecule has 0 saturated carbocycles. The van der Waals surface area contributed by atoms with Crippen LogP contribution in [0.5, 0.6) is 0 Å². The molecule has 0 aliphatic rings. The van der Waals surface area contributed by atoms with Gasteiger partial charge in [0.05, 0.1) is 0 Å². The number of methoxy groups -OCH3 is 1. The highest BCUT2D eigenvalue weighted by Crippen LogP contribution is 2.13. The monoisotopic (exact) mass is 422 g/mol. The van der Waals surface area contributed by atoms with Crippen LogP contribution in [0, 0.1) is 0 Å². The van der Waals surface area contributed by atoms with Gasteiger partial charge in [-0.25, -0.2) is 4.79 Å². The topological polar surface area (TPSA) is 46.5 Å². The number of carboxylic acid groups (broad SMARTS) is 1. The van der Waals surface area contributed by atoms with Gasteiger partial charge in [0.15, 0.2) is 6.10 Å². The summed E-state index contributed by atoms with van der Waals surface area (Å²) in [6.07, 6.45) is 32.5. The Balaban J connectivity index is 3.25. The molecule has 3 heteroatoms. The van der Waals surface area contributed by atoms with Crippen molar-refractivity contribution in [3.05, 3.63) is 24.3 Å². The summed E-state index contributed by atoms with van der Waals surface area (Å²) in [6, 6.07) is 0. The second kappa shape index (κ2) is 24.2. The molecule has 0 aromatic heterocycles. The maximum atomic E-state index is 10.8. The molecule has 0 fully saturated rings. The van der Waals surface area contributed by atoms with Gasteiger partial charge in [-0.3, -0.25) is 0 Å². The Morgan fingerprint density at radius 2 is 1.07 bits per heavy atom. The lowest BCUT2D eigenvalue weighted by Crippen LogP contribution is -2.21. The van der Waals surface area contributed by atoms with Crippen molar-refractivity contribution in [3.63, 3.8) is 0 Å². The fourth-order valence-corrected chi connectivity index (χ4v) is 3.71. The van der Waals surface area contributed by atoms with E-state index >= 15 is 0 Å². The van der Waals surface area contributed by atoms with E-state index in [-0.39, 0.29) is 0 Å². The van der Waals surface area contributed by atoms with Gasteiger partial charge in [0.1, 0.15) is 0 Å². The van der Waals surface area contributed by atoms with Gasteiger partial charge < -0.3 is 9.84 Å². The van der Waals surface area contributed by atoms with Crippen LogP contribution in [0.1, 0.15) is 129 Å². The van der Waals surface area contributed by atoms with E-state index in [9.17, 15) is 4.79 Å². The average molecular weight is 423 g/mol. The van der Waals surface area contributed by atoms with Crippen molar-refractivity contribution in [2.45, 2.75) is 135 Å². The third kappa shape index (κ3) is 21.6. The van der Waals surface area contributed by atoms with Crippen molar-refractivity contribution >= 4 is 5.97 Å². The lowest BCUT2D eigenvalue weighted by atomic mass is 10.0. The van der Waals surface area contributed by atoms with E-state index in [1.807, 2.05) is 0 Å². The first kappa shape index (κ1) is 28.9. The van der Waals surface area contributed by atoms with Crippen LogP contribution in [-0.4, -0.2) is 24.3 Å². The summed E-state index contributed by atoms with van der Waals surface area (Å²) in [5, 5.41) is 8.89. The van der Waals surface area contributed by atoms with E-state index in [0.29, 0.717) is 6.42 Å². The minimum atomic E-state index is -0.877.